The summed E-state index contributed by atoms with van der Waals surface area (Å²) < 4.78 is 6.52. The van der Waals surface area contributed by atoms with Crippen molar-refractivity contribution in [3.05, 3.63) is 38.1 Å². The molecule has 0 aliphatic carbocycles. The van der Waals surface area contributed by atoms with Gasteiger partial charge in [-0.1, -0.05) is 0 Å². The van der Waals surface area contributed by atoms with Gasteiger partial charge in [0.1, 0.15) is 5.75 Å². The molecule has 2 aromatic rings. The summed E-state index contributed by atoms with van der Waals surface area (Å²) in [4.78, 5) is 23.7. The first kappa shape index (κ1) is 14.3. The van der Waals surface area contributed by atoms with Crippen molar-refractivity contribution in [3.8, 4) is 5.75 Å². The van der Waals surface area contributed by atoms with Gasteiger partial charge < -0.3 is 15.4 Å². The molecule has 0 fully saturated rings. The molecule has 21 heavy (non-hydrogen) atoms. The summed E-state index contributed by atoms with van der Waals surface area (Å²) in [5.74, 6) is 0.231. The van der Waals surface area contributed by atoms with E-state index in [-0.39, 0.29) is 11.8 Å². The lowest BCUT2D eigenvalue weighted by Crippen LogP contribution is -2.34. The number of thiophene rings is 1. The van der Waals surface area contributed by atoms with Crippen LogP contribution >= 0.6 is 33.9 Å². The fourth-order valence-electron chi connectivity index (χ4n) is 1.92. The Morgan fingerprint density at radius 3 is 2.95 bits per heavy atom. The SMILES string of the molecule is CC1Oc2ccc(NC(=O)c3csc(I)c3)cc2NC1=O. The van der Waals surface area contributed by atoms with Gasteiger partial charge in [-0.25, -0.2) is 0 Å². The molecular weight excluding hydrogens is 403 g/mol. The molecule has 1 aromatic carbocycles. The van der Waals surface area contributed by atoms with Gasteiger partial charge in [0.05, 0.1) is 14.1 Å². The van der Waals surface area contributed by atoms with Crippen LogP contribution < -0.4 is 15.4 Å². The molecule has 1 unspecified atom stereocenters. The summed E-state index contributed by atoms with van der Waals surface area (Å²) in [6.45, 7) is 1.69. The average Bonchev–Trinajstić information content (AvgIpc) is 2.87. The van der Waals surface area contributed by atoms with Crippen LogP contribution in [0.2, 0.25) is 0 Å². The molecule has 2 amide bonds. The number of carbonyl (C=O) groups excluding carboxylic acids is 2. The van der Waals surface area contributed by atoms with Gasteiger partial charge in [0.25, 0.3) is 11.8 Å². The van der Waals surface area contributed by atoms with E-state index in [4.69, 9.17) is 4.74 Å². The lowest BCUT2D eigenvalue weighted by atomic mass is 10.2. The Labute approximate surface area is 138 Å². The zero-order valence-electron chi connectivity index (χ0n) is 11.0. The van der Waals surface area contributed by atoms with Crippen molar-refractivity contribution in [2.24, 2.45) is 0 Å². The Bertz CT molecular complexity index is 729. The molecule has 0 bridgehead atoms. The normalized spacial score (nSPS) is 16.7. The standard InChI is InChI=1S/C14H11IN2O3S/c1-7-13(18)17-10-5-9(2-3-11(10)20-7)16-14(19)8-4-12(15)21-6-8/h2-7H,1H3,(H,16,19)(H,17,18). The Kier molecular flexibility index (Phi) is 3.85. The number of hydrogen-bond donors (Lipinski definition) is 2. The second-order valence-corrected chi connectivity index (χ2v) is 7.36. The fraction of sp³-hybridized carbons (Fsp3) is 0.143. The third kappa shape index (κ3) is 3.03. The molecule has 1 aliphatic rings. The first-order valence-electron chi connectivity index (χ1n) is 6.20. The zero-order chi connectivity index (χ0) is 15.0. The van der Waals surface area contributed by atoms with E-state index in [0.717, 1.165) is 2.88 Å². The predicted octanol–water partition coefficient (Wildman–Crippen LogP) is 3.32. The van der Waals surface area contributed by atoms with Crippen molar-refractivity contribution in [2.45, 2.75) is 13.0 Å². The monoisotopic (exact) mass is 414 g/mol. The maximum absolute atomic E-state index is 12.1. The Hall–Kier alpha value is -1.61. The number of carbonyl (C=O) groups is 2. The number of hydrogen-bond acceptors (Lipinski definition) is 4. The second-order valence-electron chi connectivity index (χ2n) is 4.55. The third-order valence-electron chi connectivity index (χ3n) is 3.00. The first-order valence-corrected chi connectivity index (χ1v) is 8.16. The van der Waals surface area contributed by atoms with Crippen LogP contribution in [-0.4, -0.2) is 17.9 Å². The number of ether oxygens (including phenoxy) is 1. The number of nitrogens with one attached hydrogen (secondary N) is 2. The highest BCUT2D eigenvalue weighted by Gasteiger charge is 2.23. The molecule has 0 saturated heterocycles. The maximum atomic E-state index is 12.1. The molecule has 108 valence electrons. The molecule has 1 aromatic heterocycles. The summed E-state index contributed by atoms with van der Waals surface area (Å²) >= 11 is 3.69. The summed E-state index contributed by atoms with van der Waals surface area (Å²) in [5.41, 5.74) is 1.80. The minimum atomic E-state index is -0.508. The lowest BCUT2D eigenvalue weighted by Gasteiger charge is -2.23. The van der Waals surface area contributed by atoms with Crippen molar-refractivity contribution in [1.82, 2.24) is 0 Å². The van der Waals surface area contributed by atoms with E-state index in [1.54, 1.807) is 25.1 Å². The van der Waals surface area contributed by atoms with Crippen molar-refractivity contribution < 1.29 is 14.3 Å². The van der Waals surface area contributed by atoms with Gasteiger partial charge in [-0.2, -0.15) is 0 Å². The van der Waals surface area contributed by atoms with Gasteiger partial charge in [-0.05, 0) is 53.8 Å². The maximum Gasteiger partial charge on any atom is 0.265 e. The molecule has 5 nitrogen and oxygen atoms in total. The van der Waals surface area contributed by atoms with Gasteiger partial charge >= 0.3 is 0 Å². The van der Waals surface area contributed by atoms with Crippen LogP contribution in [0.1, 0.15) is 17.3 Å². The van der Waals surface area contributed by atoms with E-state index in [9.17, 15) is 9.59 Å². The second kappa shape index (κ2) is 5.64. The summed E-state index contributed by atoms with van der Waals surface area (Å²) in [6, 6.07) is 7.00. The van der Waals surface area contributed by atoms with Crippen LogP contribution in [0.25, 0.3) is 0 Å². The molecule has 0 radical (unpaired) electrons. The minimum Gasteiger partial charge on any atom is -0.479 e. The van der Waals surface area contributed by atoms with Crippen LogP contribution in [0.3, 0.4) is 0 Å². The van der Waals surface area contributed by atoms with Crippen molar-refractivity contribution in [2.75, 3.05) is 10.6 Å². The van der Waals surface area contributed by atoms with Crippen LogP contribution in [0, 0.1) is 2.88 Å². The highest BCUT2D eigenvalue weighted by molar-refractivity contribution is 14.1. The van der Waals surface area contributed by atoms with Gasteiger partial charge in [0, 0.05) is 11.1 Å². The van der Waals surface area contributed by atoms with E-state index < -0.39 is 6.10 Å². The summed E-state index contributed by atoms with van der Waals surface area (Å²) in [5, 5.41) is 7.37. The van der Waals surface area contributed by atoms with Gasteiger partial charge in [0.15, 0.2) is 6.10 Å². The highest BCUT2D eigenvalue weighted by Crippen LogP contribution is 2.32. The van der Waals surface area contributed by atoms with E-state index >= 15 is 0 Å². The van der Waals surface area contributed by atoms with E-state index in [0.29, 0.717) is 22.7 Å². The molecule has 2 heterocycles. The quantitative estimate of drug-likeness (QED) is 0.742. The van der Waals surface area contributed by atoms with E-state index in [1.807, 2.05) is 11.4 Å². The van der Waals surface area contributed by atoms with E-state index in [2.05, 4.69) is 33.2 Å². The number of fused-ring (bicyclic) bond motifs is 1. The van der Waals surface area contributed by atoms with Crippen LogP contribution in [0.4, 0.5) is 11.4 Å². The smallest absolute Gasteiger partial charge is 0.265 e. The molecule has 1 atom stereocenters. The molecule has 7 heteroatoms. The zero-order valence-corrected chi connectivity index (χ0v) is 13.9. The Morgan fingerprint density at radius 1 is 1.43 bits per heavy atom. The molecule has 3 rings (SSSR count). The predicted molar refractivity (Wildman–Crippen MR) is 90.2 cm³/mol. The van der Waals surface area contributed by atoms with Crippen LogP contribution in [0.5, 0.6) is 5.75 Å². The molecular formula is C14H11IN2O3S. The molecule has 1 aliphatic heterocycles. The van der Waals surface area contributed by atoms with Crippen molar-refractivity contribution in [3.63, 3.8) is 0 Å². The molecule has 0 saturated carbocycles. The number of rotatable bonds is 2. The first-order chi connectivity index (χ1) is 10.0. The van der Waals surface area contributed by atoms with Crippen molar-refractivity contribution >= 4 is 57.1 Å². The average molecular weight is 414 g/mol. The number of benzene rings is 1. The number of amides is 2. The van der Waals surface area contributed by atoms with Crippen molar-refractivity contribution in [1.29, 1.82) is 0 Å². The topological polar surface area (TPSA) is 67.4 Å². The Morgan fingerprint density at radius 2 is 2.24 bits per heavy atom. The van der Waals surface area contributed by atoms with E-state index in [1.165, 1.54) is 11.3 Å². The highest BCUT2D eigenvalue weighted by atomic mass is 127. The van der Waals surface area contributed by atoms with Gasteiger partial charge in [0.2, 0.25) is 0 Å². The third-order valence-corrected chi connectivity index (χ3v) is 4.79. The Balaban J connectivity index is 1.80. The van der Waals surface area contributed by atoms with Gasteiger partial charge in [-0.3, -0.25) is 9.59 Å². The number of halogens is 1. The molecule has 0 spiro atoms. The summed E-state index contributed by atoms with van der Waals surface area (Å²) in [6.07, 6.45) is -0.508. The largest absolute Gasteiger partial charge is 0.479 e. The fourth-order valence-corrected chi connectivity index (χ4v) is 3.25. The van der Waals surface area contributed by atoms with Gasteiger partial charge in [-0.15, -0.1) is 11.3 Å². The lowest BCUT2D eigenvalue weighted by molar-refractivity contribution is -0.122. The van der Waals surface area contributed by atoms with Crippen LogP contribution in [-0.2, 0) is 4.79 Å². The molecule has 2 N–H and O–H groups in total. The number of anilines is 2. The van der Waals surface area contributed by atoms with Crippen LogP contribution in [0.15, 0.2) is 29.6 Å². The minimum absolute atomic E-state index is 0.175. The summed E-state index contributed by atoms with van der Waals surface area (Å²) in [7, 11) is 0.